The number of carbonyl (C=O) groups is 3. The molecule has 12 heteroatoms. The van der Waals surface area contributed by atoms with Crippen molar-refractivity contribution < 1.29 is 28.6 Å². The Kier molecular flexibility index (Phi) is 10.1. The molecule has 0 radical (unpaired) electrons. The Morgan fingerprint density at radius 1 is 0.688 bits per heavy atom. The second-order valence-corrected chi connectivity index (χ2v) is 6.71. The highest BCUT2D eigenvalue weighted by Gasteiger charge is 2.17. The molecule has 0 atom stereocenters. The summed E-state index contributed by atoms with van der Waals surface area (Å²) in [5.74, 6) is -1.93. The summed E-state index contributed by atoms with van der Waals surface area (Å²) in [7, 11) is 0. The van der Waals surface area contributed by atoms with Crippen molar-refractivity contribution >= 4 is 17.9 Å². The van der Waals surface area contributed by atoms with Gasteiger partial charge in [-0.1, -0.05) is 20.1 Å². The molecule has 0 fully saturated rings. The fraction of sp³-hybridized carbons (Fsp3) is 0.500. The Labute approximate surface area is 183 Å². The quantitative estimate of drug-likeness (QED) is 0.229. The van der Waals surface area contributed by atoms with Crippen LogP contribution in [0.4, 0.5) is 0 Å². The molecule has 1 heterocycles. The predicted molar refractivity (Wildman–Crippen MR) is 112 cm³/mol. The molecule has 0 spiro atoms. The van der Waals surface area contributed by atoms with E-state index in [1.807, 2.05) is 0 Å². The zero-order valence-electron chi connectivity index (χ0n) is 18.4. The van der Waals surface area contributed by atoms with Crippen molar-refractivity contribution in [3.63, 3.8) is 0 Å². The van der Waals surface area contributed by atoms with Gasteiger partial charge < -0.3 is 14.2 Å². The van der Waals surface area contributed by atoms with Gasteiger partial charge >= 0.3 is 35.0 Å². The lowest BCUT2D eigenvalue weighted by Gasteiger charge is -2.14. The monoisotopic (exact) mass is 453 g/mol. The lowest BCUT2D eigenvalue weighted by Crippen LogP contribution is -2.55. The smallest absolute Gasteiger partial charge is 0.336 e. The van der Waals surface area contributed by atoms with Crippen molar-refractivity contribution in [1.29, 1.82) is 0 Å². The molecule has 1 aromatic rings. The maximum absolute atomic E-state index is 12.7. The molecular formula is C20H27N3O9. The molecule has 176 valence electrons. The topological polar surface area (TPSA) is 145 Å². The van der Waals surface area contributed by atoms with Crippen LogP contribution in [0.5, 0.6) is 0 Å². The molecule has 12 nitrogen and oxygen atoms in total. The molecule has 0 aromatic carbocycles. The van der Waals surface area contributed by atoms with E-state index in [2.05, 4.69) is 13.2 Å². The highest BCUT2D eigenvalue weighted by Crippen LogP contribution is 1.93. The van der Waals surface area contributed by atoms with Gasteiger partial charge in [0, 0.05) is 17.6 Å². The third kappa shape index (κ3) is 7.22. The van der Waals surface area contributed by atoms with Crippen molar-refractivity contribution in [2.45, 2.75) is 46.8 Å². The number of rotatable bonds is 12. The van der Waals surface area contributed by atoms with E-state index >= 15 is 0 Å². The van der Waals surface area contributed by atoms with Gasteiger partial charge in [-0.3, -0.25) is 4.79 Å². The summed E-state index contributed by atoms with van der Waals surface area (Å²) in [6, 6.07) is 0. The lowest BCUT2D eigenvalue weighted by atomic mass is 10.4. The van der Waals surface area contributed by atoms with Crippen LogP contribution >= 0.6 is 0 Å². The average Bonchev–Trinajstić information content (AvgIpc) is 2.74. The summed E-state index contributed by atoms with van der Waals surface area (Å²) in [6.45, 7) is 9.42. The second-order valence-electron chi connectivity index (χ2n) is 6.71. The van der Waals surface area contributed by atoms with E-state index in [9.17, 15) is 28.8 Å². The van der Waals surface area contributed by atoms with Crippen LogP contribution in [-0.4, -0.2) is 51.4 Å². The average molecular weight is 453 g/mol. The summed E-state index contributed by atoms with van der Waals surface area (Å²) in [4.78, 5) is 72.5. The van der Waals surface area contributed by atoms with Gasteiger partial charge in [-0.2, -0.15) is 0 Å². The molecule has 0 saturated heterocycles. The van der Waals surface area contributed by atoms with Crippen LogP contribution in [0, 0.1) is 0 Å². The number of nitrogens with zero attached hydrogens (tertiary/aromatic N) is 3. The van der Waals surface area contributed by atoms with Gasteiger partial charge in [-0.15, -0.1) is 0 Å². The summed E-state index contributed by atoms with van der Waals surface area (Å²) < 4.78 is 16.8. The van der Waals surface area contributed by atoms with Crippen molar-refractivity contribution in [3.05, 3.63) is 55.8 Å². The van der Waals surface area contributed by atoms with Crippen LogP contribution < -0.4 is 17.1 Å². The van der Waals surface area contributed by atoms with E-state index in [0.29, 0.717) is 13.7 Å². The Morgan fingerprint density at radius 3 is 1.28 bits per heavy atom. The molecule has 0 saturated carbocycles. The van der Waals surface area contributed by atoms with Gasteiger partial charge in [0.2, 0.25) is 0 Å². The summed E-state index contributed by atoms with van der Waals surface area (Å²) in [5.41, 5.74) is -2.63. The first-order valence-electron chi connectivity index (χ1n) is 9.76. The molecule has 1 rings (SSSR count). The van der Waals surface area contributed by atoms with E-state index in [0.717, 1.165) is 0 Å². The number of esters is 3. The number of ether oxygens (including phenoxy) is 3. The van der Waals surface area contributed by atoms with E-state index in [1.54, 1.807) is 6.92 Å². The van der Waals surface area contributed by atoms with E-state index in [4.69, 9.17) is 14.2 Å². The fourth-order valence-corrected chi connectivity index (χ4v) is 2.31. The Bertz CT molecular complexity index is 1010. The molecular weight excluding hydrogens is 426 g/mol. The molecule has 0 aliphatic carbocycles. The molecule has 0 aliphatic rings. The third-order valence-electron chi connectivity index (χ3n) is 4.05. The van der Waals surface area contributed by atoms with Crippen LogP contribution in [0.2, 0.25) is 0 Å². The third-order valence-corrected chi connectivity index (χ3v) is 4.05. The zero-order valence-corrected chi connectivity index (χ0v) is 18.4. The SMILES string of the molecule is C=C(C)C(=O)OCCn1c(=O)n(CCOC(=O)CC)c(=O)n(CCOC(=O)C(=C)C)c1=O. The minimum absolute atomic E-state index is 0.112. The lowest BCUT2D eigenvalue weighted by molar-refractivity contribution is -0.143. The maximum atomic E-state index is 12.7. The Morgan fingerprint density at radius 2 is 1.00 bits per heavy atom. The van der Waals surface area contributed by atoms with Gasteiger partial charge in [0.05, 0.1) is 19.6 Å². The van der Waals surface area contributed by atoms with Crippen molar-refractivity contribution in [2.24, 2.45) is 0 Å². The first-order valence-corrected chi connectivity index (χ1v) is 9.76. The fourth-order valence-electron chi connectivity index (χ4n) is 2.31. The van der Waals surface area contributed by atoms with Crippen LogP contribution in [0.3, 0.4) is 0 Å². The first kappa shape index (κ1) is 26.3. The predicted octanol–water partition coefficient (Wildman–Crippen LogP) is -0.636. The van der Waals surface area contributed by atoms with Gasteiger partial charge in [0.1, 0.15) is 19.8 Å². The highest BCUT2D eigenvalue weighted by molar-refractivity contribution is 5.87. The van der Waals surface area contributed by atoms with Crippen LogP contribution in [0.25, 0.3) is 0 Å². The molecule has 32 heavy (non-hydrogen) atoms. The van der Waals surface area contributed by atoms with Crippen LogP contribution in [-0.2, 0) is 48.2 Å². The van der Waals surface area contributed by atoms with Gasteiger partial charge in [-0.25, -0.2) is 37.7 Å². The molecule has 0 N–H and O–H groups in total. The largest absolute Gasteiger partial charge is 0.464 e. The molecule has 0 aliphatic heterocycles. The zero-order chi connectivity index (χ0) is 24.4. The Hall–Kier alpha value is -3.70. The Balaban J connectivity index is 3.23. The maximum Gasteiger partial charge on any atom is 0.336 e. The summed E-state index contributed by atoms with van der Waals surface area (Å²) >= 11 is 0. The van der Waals surface area contributed by atoms with E-state index in [1.165, 1.54) is 13.8 Å². The van der Waals surface area contributed by atoms with Crippen molar-refractivity contribution in [1.82, 2.24) is 13.7 Å². The minimum Gasteiger partial charge on any atom is -0.464 e. The standard InChI is InChI=1S/C20H27N3O9/c1-6-15(24)30-10-7-21-18(27)22(8-11-31-16(25)13(2)3)20(29)23(19(21)28)9-12-32-17(26)14(4)5/h2,4,6-12H2,1,3,5H3. The molecule has 0 unspecified atom stereocenters. The number of carbonyl (C=O) groups excluding carboxylic acids is 3. The molecule has 0 bridgehead atoms. The van der Waals surface area contributed by atoms with Crippen LogP contribution in [0.1, 0.15) is 27.2 Å². The molecule has 1 aromatic heterocycles. The second kappa shape index (κ2) is 12.2. The first-order chi connectivity index (χ1) is 15.0. The minimum atomic E-state index is -0.973. The highest BCUT2D eigenvalue weighted by atomic mass is 16.5. The van der Waals surface area contributed by atoms with Crippen molar-refractivity contribution in [2.75, 3.05) is 19.8 Å². The summed E-state index contributed by atoms with van der Waals surface area (Å²) in [6.07, 6.45) is 0.112. The number of hydrogen-bond acceptors (Lipinski definition) is 9. The normalized spacial score (nSPS) is 10.3. The number of aromatic nitrogens is 3. The number of hydrogen-bond donors (Lipinski definition) is 0. The van der Waals surface area contributed by atoms with E-state index < -0.39 is 35.0 Å². The van der Waals surface area contributed by atoms with E-state index in [-0.39, 0.29) is 57.0 Å². The summed E-state index contributed by atoms with van der Waals surface area (Å²) in [5, 5.41) is 0. The van der Waals surface area contributed by atoms with Crippen molar-refractivity contribution in [3.8, 4) is 0 Å². The van der Waals surface area contributed by atoms with Gasteiger partial charge in [0.25, 0.3) is 0 Å². The molecule has 0 amide bonds. The van der Waals surface area contributed by atoms with Gasteiger partial charge in [-0.05, 0) is 13.8 Å². The van der Waals surface area contributed by atoms with Gasteiger partial charge in [0.15, 0.2) is 0 Å². The van der Waals surface area contributed by atoms with Crippen LogP contribution in [0.15, 0.2) is 38.7 Å².